The first-order chi connectivity index (χ1) is 5.92. The molecule has 1 aliphatic rings. The van der Waals surface area contributed by atoms with Crippen LogP contribution >= 0.6 is 0 Å². The van der Waals surface area contributed by atoms with Crippen molar-refractivity contribution in [3.63, 3.8) is 0 Å². The van der Waals surface area contributed by atoms with E-state index in [9.17, 15) is 0 Å². The van der Waals surface area contributed by atoms with E-state index in [0.717, 1.165) is 24.3 Å². The molecule has 1 saturated heterocycles. The van der Waals surface area contributed by atoms with Crippen molar-refractivity contribution in [3.8, 4) is 0 Å². The Morgan fingerprint density at radius 1 is 1.75 bits per heavy atom. The maximum Gasteiger partial charge on any atom is 0.158 e. The Morgan fingerprint density at radius 3 is 3.33 bits per heavy atom. The highest BCUT2D eigenvalue weighted by atomic mass is 16.5. The summed E-state index contributed by atoms with van der Waals surface area (Å²) >= 11 is 0. The molecule has 0 aromatic carbocycles. The van der Waals surface area contributed by atoms with E-state index in [-0.39, 0.29) is 0 Å². The minimum Gasteiger partial charge on any atom is -0.359 e. The molecule has 0 saturated carbocycles. The molecule has 1 aliphatic heterocycles. The largest absolute Gasteiger partial charge is 0.359 e. The Bertz CT molecular complexity index is 253. The fourth-order valence-corrected chi connectivity index (χ4v) is 1.62. The van der Waals surface area contributed by atoms with Crippen molar-refractivity contribution in [1.29, 1.82) is 0 Å². The summed E-state index contributed by atoms with van der Waals surface area (Å²) in [6, 6.07) is 0.339. The number of nitrogens with two attached hydrogens (primary N) is 1. The summed E-state index contributed by atoms with van der Waals surface area (Å²) < 4.78 is 5.15. The average Bonchev–Trinajstić information content (AvgIpc) is 2.74. The highest BCUT2D eigenvalue weighted by Crippen LogP contribution is 2.25. The predicted molar refractivity (Wildman–Crippen MR) is 44.4 cm³/mol. The van der Waals surface area contributed by atoms with Crippen LogP contribution in [-0.2, 0) is 6.54 Å². The van der Waals surface area contributed by atoms with Crippen molar-refractivity contribution < 1.29 is 4.52 Å². The number of aromatic nitrogens is 1. The molecule has 1 fully saturated rings. The lowest BCUT2D eigenvalue weighted by Gasteiger charge is -2.06. The zero-order chi connectivity index (χ0) is 8.39. The predicted octanol–water partition coefficient (Wildman–Crippen LogP) is 0.558. The van der Waals surface area contributed by atoms with Gasteiger partial charge in [0.05, 0.1) is 12.2 Å². The van der Waals surface area contributed by atoms with E-state index >= 15 is 0 Å². The first kappa shape index (κ1) is 7.76. The van der Waals surface area contributed by atoms with E-state index in [4.69, 9.17) is 10.3 Å². The highest BCUT2D eigenvalue weighted by Gasteiger charge is 2.22. The lowest BCUT2D eigenvalue weighted by atomic mass is 10.1. The van der Waals surface area contributed by atoms with Crippen molar-refractivity contribution in [1.82, 2.24) is 10.5 Å². The van der Waals surface area contributed by atoms with Gasteiger partial charge in [0.1, 0.15) is 0 Å². The van der Waals surface area contributed by atoms with Crippen LogP contribution < -0.4 is 11.1 Å². The molecule has 3 N–H and O–H groups in total. The molecular formula is C8H13N3O. The summed E-state index contributed by atoms with van der Waals surface area (Å²) in [7, 11) is 0. The van der Waals surface area contributed by atoms with Crippen molar-refractivity contribution in [2.24, 2.45) is 5.73 Å². The van der Waals surface area contributed by atoms with E-state index < -0.39 is 0 Å². The second kappa shape index (κ2) is 3.25. The lowest BCUT2D eigenvalue weighted by molar-refractivity contribution is 0.349. The fourth-order valence-electron chi connectivity index (χ4n) is 1.62. The zero-order valence-corrected chi connectivity index (χ0v) is 6.92. The summed E-state index contributed by atoms with van der Waals surface area (Å²) in [5, 5.41) is 7.09. The lowest BCUT2D eigenvalue weighted by Crippen LogP contribution is -2.14. The first-order valence-corrected chi connectivity index (χ1v) is 4.28. The molecule has 12 heavy (non-hydrogen) atoms. The third-order valence-corrected chi connectivity index (χ3v) is 2.27. The van der Waals surface area contributed by atoms with Crippen molar-refractivity contribution in [3.05, 3.63) is 17.5 Å². The Balaban J connectivity index is 2.19. The second-order valence-electron chi connectivity index (χ2n) is 3.07. The van der Waals surface area contributed by atoms with Crippen molar-refractivity contribution >= 4 is 0 Å². The Hall–Kier alpha value is -0.870. The topological polar surface area (TPSA) is 64.1 Å². The SMILES string of the molecule is NCc1cnoc1C1CCCN1. The number of rotatable bonds is 2. The standard InChI is InChI=1S/C8H13N3O/c9-4-6-5-11-12-8(6)7-2-1-3-10-7/h5,7,10H,1-4,9H2. The minimum absolute atomic E-state index is 0.339. The number of nitrogens with one attached hydrogen (secondary N) is 1. The molecule has 4 nitrogen and oxygen atoms in total. The molecule has 0 bridgehead atoms. The van der Waals surface area contributed by atoms with Gasteiger partial charge in [0.2, 0.25) is 0 Å². The fraction of sp³-hybridized carbons (Fsp3) is 0.625. The van der Waals surface area contributed by atoms with Gasteiger partial charge >= 0.3 is 0 Å². The van der Waals surface area contributed by atoms with E-state index in [1.807, 2.05) is 0 Å². The van der Waals surface area contributed by atoms with Crippen LogP contribution in [0.2, 0.25) is 0 Å². The number of hydrogen-bond acceptors (Lipinski definition) is 4. The zero-order valence-electron chi connectivity index (χ0n) is 6.92. The minimum atomic E-state index is 0.339. The Kier molecular flexibility index (Phi) is 2.10. The van der Waals surface area contributed by atoms with Gasteiger partial charge in [0, 0.05) is 12.1 Å². The average molecular weight is 167 g/mol. The molecule has 1 aromatic heterocycles. The van der Waals surface area contributed by atoms with Crippen LogP contribution in [0.15, 0.2) is 10.7 Å². The number of nitrogens with zero attached hydrogens (tertiary/aromatic N) is 1. The molecule has 0 amide bonds. The van der Waals surface area contributed by atoms with Crippen LogP contribution in [0.1, 0.15) is 30.2 Å². The van der Waals surface area contributed by atoms with Crippen LogP contribution in [0.3, 0.4) is 0 Å². The smallest absolute Gasteiger partial charge is 0.158 e. The van der Waals surface area contributed by atoms with E-state index in [2.05, 4.69) is 10.5 Å². The van der Waals surface area contributed by atoms with E-state index in [1.165, 1.54) is 6.42 Å². The van der Waals surface area contributed by atoms with Crippen LogP contribution in [0.4, 0.5) is 0 Å². The molecule has 2 heterocycles. The van der Waals surface area contributed by atoms with Crippen molar-refractivity contribution in [2.75, 3.05) is 6.54 Å². The summed E-state index contributed by atoms with van der Waals surface area (Å²) in [6.07, 6.45) is 4.03. The summed E-state index contributed by atoms with van der Waals surface area (Å²) in [6.45, 7) is 1.58. The van der Waals surface area contributed by atoms with Gasteiger partial charge in [-0.2, -0.15) is 0 Å². The van der Waals surface area contributed by atoms with E-state index in [0.29, 0.717) is 12.6 Å². The molecule has 1 unspecified atom stereocenters. The maximum absolute atomic E-state index is 5.53. The molecule has 0 aliphatic carbocycles. The van der Waals surface area contributed by atoms with Crippen molar-refractivity contribution in [2.45, 2.75) is 25.4 Å². The quantitative estimate of drug-likeness (QED) is 0.675. The molecule has 4 heteroatoms. The molecule has 2 rings (SSSR count). The molecule has 66 valence electrons. The van der Waals surface area contributed by atoms with Gasteiger partial charge in [0.15, 0.2) is 5.76 Å². The third-order valence-electron chi connectivity index (χ3n) is 2.27. The normalized spacial score (nSPS) is 23.2. The Labute approximate surface area is 71.1 Å². The van der Waals surface area contributed by atoms with Gasteiger partial charge in [-0.15, -0.1) is 0 Å². The molecule has 1 atom stereocenters. The third kappa shape index (κ3) is 1.23. The van der Waals surface area contributed by atoms with Crippen LogP contribution in [0.25, 0.3) is 0 Å². The first-order valence-electron chi connectivity index (χ1n) is 4.28. The highest BCUT2D eigenvalue weighted by molar-refractivity contribution is 5.17. The van der Waals surface area contributed by atoms with Gasteiger partial charge in [-0.25, -0.2) is 0 Å². The molecule has 0 spiro atoms. The van der Waals surface area contributed by atoms with Gasteiger partial charge in [-0.3, -0.25) is 0 Å². The second-order valence-corrected chi connectivity index (χ2v) is 3.07. The molecular weight excluding hydrogens is 154 g/mol. The summed E-state index contributed by atoms with van der Waals surface area (Å²) in [5.41, 5.74) is 6.56. The van der Waals surface area contributed by atoms with Gasteiger partial charge in [-0.05, 0) is 19.4 Å². The summed E-state index contributed by atoms with van der Waals surface area (Å²) in [4.78, 5) is 0. The van der Waals surface area contributed by atoms with Gasteiger partial charge < -0.3 is 15.6 Å². The van der Waals surface area contributed by atoms with E-state index in [1.54, 1.807) is 6.20 Å². The van der Waals surface area contributed by atoms with Gasteiger partial charge in [0.25, 0.3) is 0 Å². The number of hydrogen-bond donors (Lipinski definition) is 2. The maximum atomic E-state index is 5.53. The van der Waals surface area contributed by atoms with Crippen LogP contribution in [-0.4, -0.2) is 11.7 Å². The summed E-state index contributed by atoms with van der Waals surface area (Å²) in [5.74, 6) is 0.926. The molecule has 0 radical (unpaired) electrons. The molecule has 1 aromatic rings. The monoisotopic (exact) mass is 167 g/mol. The Morgan fingerprint density at radius 2 is 2.67 bits per heavy atom. The van der Waals surface area contributed by atoms with Crippen LogP contribution in [0.5, 0.6) is 0 Å². The van der Waals surface area contributed by atoms with Gasteiger partial charge in [-0.1, -0.05) is 5.16 Å². The van der Waals surface area contributed by atoms with Crippen LogP contribution in [0, 0.1) is 0 Å².